The number of hydrogen-bond donors (Lipinski definition) is 2. The van der Waals surface area contributed by atoms with Crippen LogP contribution in [0.2, 0.25) is 0 Å². The Morgan fingerprint density at radius 1 is 0.767 bits per heavy atom. The number of nitrogens with one attached hydrogen (secondary N) is 2. The summed E-state index contributed by atoms with van der Waals surface area (Å²) in [6.07, 6.45) is 9.82. The minimum absolute atomic E-state index is 0.0467. The molecule has 6 nitrogen and oxygen atoms in total. The molecule has 0 aromatic carbocycles. The summed E-state index contributed by atoms with van der Waals surface area (Å²) in [5.74, 6) is 0.339. The molecule has 1 saturated carbocycles. The average Bonchev–Trinajstić information content (AvgIpc) is 2.59. The van der Waals surface area contributed by atoms with E-state index in [0.29, 0.717) is 25.8 Å². The monoisotopic (exact) mass is 466 g/mol. The van der Waals surface area contributed by atoms with Crippen LogP contribution in [0.15, 0.2) is 0 Å². The van der Waals surface area contributed by atoms with Crippen molar-refractivity contribution >= 4 is 20.0 Å². The first-order chi connectivity index (χ1) is 13.8. The minimum Gasteiger partial charge on any atom is -0.215 e. The summed E-state index contributed by atoms with van der Waals surface area (Å²) < 4.78 is 55.6. The second-order valence-electron chi connectivity index (χ2n) is 10.5. The van der Waals surface area contributed by atoms with Gasteiger partial charge in [0.05, 0.1) is 11.5 Å². The van der Waals surface area contributed by atoms with Crippen molar-refractivity contribution in [3.63, 3.8) is 0 Å². The Hall–Kier alpha value is -0.180. The van der Waals surface area contributed by atoms with Crippen molar-refractivity contribution in [2.24, 2.45) is 10.8 Å². The highest BCUT2D eigenvalue weighted by Gasteiger charge is 2.42. The Morgan fingerprint density at radius 3 is 1.83 bits per heavy atom. The lowest BCUT2D eigenvalue weighted by Crippen LogP contribution is -2.50. The molecule has 180 valence electrons. The highest BCUT2D eigenvalue weighted by Crippen LogP contribution is 2.46. The Balaban J connectivity index is 2.67. The van der Waals surface area contributed by atoms with Gasteiger partial charge in [-0.3, -0.25) is 0 Å². The molecule has 0 aromatic heterocycles. The average molecular weight is 467 g/mol. The zero-order valence-electron chi connectivity index (χ0n) is 19.9. The van der Waals surface area contributed by atoms with Crippen molar-refractivity contribution < 1.29 is 16.8 Å². The van der Waals surface area contributed by atoms with Gasteiger partial charge < -0.3 is 0 Å². The first kappa shape index (κ1) is 27.9. The second-order valence-corrected chi connectivity index (χ2v) is 14.3. The van der Waals surface area contributed by atoms with Crippen LogP contribution in [0, 0.1) is 10.8 Å². The van der Waals surface area contributed by atoms with E-state index in [0.717, 1.165) is 51.4 Å². The van der Waals surface area contributed by atoms with E-state index < -0.39 is 20.0 Å². The third-order valence-electron chi connectivity index (χ3n) is 6.04. The van der Waals surface area contributed by atoms with E-state index in [1.165, 1.54) is 0 Å². The second kappa shape index (κ2) is 12.2. The van der Waals surface area contributed by atoms with E-state index in [2.05, 4.69) is 44.1 Å². The highest BCUT2D eigenvalue weighted by atomic mass is 32.2. The molecule has 0 heterocycles. The maximum atomic E-state index is 12.5. The van der Waals surface area contributed by atoms with Crippen LogP contribution in [-0.4, -0.2) is 40.9 Å². The van der Waals surface area contributed by atoms with Crippen molar-refractivity contribution in [3.8, 4) is 0 Å². The maximum absolute atomic E-state index is 12.5. The van der Waals surface area contributed by atoms with Crippen LogP contribution in [0.3, 0.4) is 0 Å². The van der Waals surface area contributed by atoms with Crippen LogP contribution >= 0.6 is 0 Å². The van der Waals surface area contributed by atoms with Crippen molar-refractivity contribution in [2.45, 2.75) is 111 Å². The molecule has 8 heteroatoms. The number of sulfonamides is 2. The number of unbranched alkanes of at least 4 members (excludes halogenated alkanes) is 6. The summed E-state index contributed by atoms with van der Waals surface area (Å²) in [7, 11) is -6.61. The molecule has 2 atom stereocenters. The molecule has 0 aliphatic heterocycles. The van der Waals surface area contributed by atoms with Gasteiger partial charge in [-0.2, -0.15) is 0 Å². The summed E-state index contributed by atoms with van der Waals surface area (Å²) in [4.78, 5) is 0. The summed E-state index contributed by atoms with van der Waals surface area (Å²) in [5, 5.41) is 0. The van der Waals surface area contributed by atoms with Gasteiger partial charge in [0.2, 0.25) is 20.0 Å². The fraction of sp³-hybridized carbons (Fsp3) is 1.00. The van der Waals surface area contributed by atoms with Gasteiger partial charge in [0.15, 0.2) is 0 Å². The van der Waals surface area contributed by atoms with Gasteiger partial charge in [-0.15, -0.1) is 0 Å². The molecule has 0 bridgehead atoms. The van der Waals surface area contributed by atoms with Gasteiger partial charge >= 0.3 is 0 Å². The lowest BCUT2D eigenvalue weighted by molar-refractivity contribution is 0.0821. The molecule has 2 N–H and O–H groups in total. The molecule has 0 aromatic rings. The van der Waals surface area contributed by atoms with Gasteiger partial charge in [-0.25, -0.2) is 26.3 Å². The van der Waals surface area contributed by atoms with Crippen LogP contribution in [-0.2, 0) is 20.0 Å². The van der Waals surface area contributed by atoms with E-state index in [-0.39, 0.29) is 28.4 Å². The van der Waals surface area contributed by atoms with Crippen LogP contribution in [0.4, 0.5) is 0 Å². The molecule has 30 heavy (non-hydrogen) atoms. The Labute approximate surface area is 186 Å². The molecular formula is C22H46N2O4S2. The van der Waals surface area contributed by atoms with E-state index in [1.54, 1.807) is 0 Å². The molecule has 0 spiro atoms. The molecule has 1 fully saturated rings. The Kier molecular flexibility index (Phi) is 11.3. The van der Waals surface area contributed by atoms with Gasteiger partial charge in [0, 0.05) is 12.6 Å². The van der Waals surface area contributed by atoms with E-state index in [1.807, 2.05) is 0 Å². The quantitative estimate of drug-likeness (QED) is 0.346. The van der Waals surface area contributed by atoms with E-state index in [4.69, 9.17) is 0 Å². The van der Waals surface area contributed by atoms with Crippen molar-refractivity contribution in [1.29, 1.82) is 0 Å². The summed E-state index contributed by atoms with van der Waals surface area (Å²) >= 11 is 0. The van der Waals surface area contributed by atoms with Crippen LogP contribution in [0.1, 0.15) is 105 Å². The van der Waals surface area contributed by atoms with Crippen molar-refractivity contribution in [2.75, 3.05) is 18.1 Å². The Bertz CT molecular complexity index is 705. The molecule has 1 rings (SSSR count). The number of rotatable bonds is 15. The normalized spacial score (nSPS) is 24.8. The summed E-state index contributed by atoms with van der Waals surface area (Å²) in [6.45, 7) is 10.9. The molecule has 1 aliphatic rings. The topological polar surface area (TPSA) is 92.3 Å². The first-order valence-corrected chi connectivity index (χ1v) is 15.1. The lowest BCUT2D eigenvalue weighted by Gasteiger charge is -2.46. The van der Waals surface area contributed by atoms with Gasteiger partial charge in [0.25, 0.3) is 0 Å². The van der Waals surface area contributed by atoms with Crippen LogP contribution in [0.25, 0.3) is 0 Å². The number of hydrogen-bond acceptors (Lipinski definition) is 4. The molecular weight excluding hydrogens is 420 g/mol. The first-order valence-electron chi connectivity index (χ1n) is 11.8. The SMILES string of the molecule is CCCCCCS(=O)(=O)NCC1(C)CC(NS(=O)(=O)CCCCCC)CC(C)(C)C1. The van der Waals surface area contributed by atoms with Gasteiger partial charge in [0.1, 0.15) is 0 Å². The predicted octanol–water partition coefficient (Wildman–Crippen LogP) is 4.57. The van der Waals surface area contributed by atoms with Crippen molar-refractivity contribution in [3.05, 3.63) is 0 Å². The third-order valence-corrected chi connectivity index (χ3v) is 8.97. The zero-order chi connectivity index (χ0) is 22.9. The zero-order valence-corrected chi connectivity index (χ0v) is 21.6. The fourth-order valence-electron chi connectivity index (χ4n) is 4.96. The smallest absolute Gasteiger partial charge is 0.211 e. The van der Waals surface area contributed by atoms with Gasteiger partial charge in [-0.1, -0.05) is 73.1 Å². The molecule has 0 radical (unpaired) electrons. The van der Waals surface area contributed by atoms with E-state index in [9.17, 15) is 16.8 Å². The molecule has 0 amide bonds. The minimum atomic E-state index is -3.31. The standard InChI is InChI=1S/C22H46N2O4S2/c1-6-8-10-12-14-29(25,26)23-19-22(5)17-20(16-21(3,4)18-22)24-30(27,28)15-13-11-9-7-2/h20,23-24H,6-19H2,1-5H3. The summed E-state index contributed by atoms with van der Waals surface area (Å²) in [6, 6.07) is -0.149. The fourth-order valence-corrected chi connectivity index (χ4v) is 7.63. The maximum Gasteiger partial charge on any atom is 0.211 e. The molecule has 2 unspecified atom stereocenters. The van der Waals surface area contributed by atoms with Crippen LogP contribution < -0.4 is 9.44 Å². The molecule has 1 aliphatic carbocycles. The summed E-state index contributed by atoms with van der Waals surface area (Å²) in [5.41, 5.74) is -0.317. The van der Waals surface area contributed by atoms with Crippen molar-refractivity contribution in [1.82, 2.24) is 9.44 Å². The van der Waals surface area contributed by atoms with E-state index >= 15 is 0 Å². The lowest BCUT2D eigenvalue weighted by atomic mass is 9.63. The van der Waals surface area contributed by atoms with Gasteiger partial charge in [-0.05, 0) is 42.9 Å². The molecule has 0 saturated heterocycles. The largest absolute Gasteiger partial charge is 0.215 e. The third kappa shape index (κ3) is 11.4. The van der Waals surface area contributed by atoms with Crippen LogP contribution in [0.5, 0.6) is 0 Å². The predicted molar refractivity (Wildman–Crippen MR) is 127 cm³/mol. The Morgan fingerprint density at radius 2 is 1.30 bits per heavy atom. The highest BCUT2D eigenvalue weighted by molar-refractivity contribution is 7.89.